The molecule has 0 aromatic carbocycles. The lowest BCUT2D eigenvalue weighted by Crippen LogP contribution is -2.32. The lowest BCUT2D eigenvalue weighted by atomic mass is 9.97. The fourth-order valence-electron chi connectivity index (χ4n) is 1.05. The van der Waals surface area contributed by atoms with Crippen LogP contribution < -0.4 is 0 Å². The first-order valence-corrected chi connectivity index (χ1v) is 3.37. The van der Waals surface area contributed by atoms with Gasteiger partial charge in [0, 0.05) is 12.5 Å². The minimum atomic E-state index is -0.159. The van der Waals surface area contributed by atoms with Gasteiger partial charge < -0.3 is 4.74 Å². The molecule has 0 aliphatic carbocycles. The Hall–Kier alpha value is -0.370. The van der Waals surface area contributed by atoms with E-state index in [0.29, 0.717) is 0 Å². The third kappa shape index (κ3) is 1.30. The normalized spacial score (nSPS) is 36.9. The average molecular weight is 128 g/mol. The fourth-order valence-corrected chi connectivity index (χ4v) is 1.05. The van der Waals surface area contributed by atoms with Gasteiger partial charge in [0.05, 0.1) is 0 Å². The van der Waals surface area contributed by atoms with Crippen molar-refractivity contribution in [2.75, 3.05) is 6.61 Å². The Kier molecular flexibility index (Phi) is 1.86. The first kappa shape index (κ1) is 6.75. The van der Waals surface area contributed by atoms with Crippen LogP contribution in [-0.4, -0.2) is 18.5 Å². The first-order valence-electron chi connectivity index (χ1n) is 3.37. The maximum Gasteiger partial charge on any atom is 0.164 e. The number of hydrogen-bond acceptors (Lipinski definition) is 2. The van der Waals surface area contributed by atoms with E-state index in [0.717, 1.165) is 13.0 Å². The quantitative estimate of drug-likeness (QED) is 0.486. The van der Waals surface area contributed by atoms with E-state index >= 15 is 0 Å². The minimum absolute atomic E-state index is 0.159. The highest BCUT2D eigenvalue weighted by Gasteiger charge is 2.24. The molecular weight excluding hydrogens is 116 g/mol. The lowest BCUT2D eigenvalue weighted by molar-refractivity contribution is -0.139. The number of rotatable bonds is 0. The molecule has 1 heterocycles. The maximum atomic E-state index is 11.0. The van der Waals surface area contributed by atoms with Crippen LogP contribution in [0.25, 0.3) is 0 Å². The average Bonchev–Trinajstić information content (AvgIpc) is 1.83. The van der Waals surface area contributed by atoms with Crippen molar-refractivity contribution in [3.63, 3.8) is 0 Å². The molecule has 0 radical (unpaired) electrons. The van der Waals surface area contributed by atoms with Crippen LogP contribution in [0.4, 0.5) is 0 Å². The van der Waals surface area contributed by atoms with Crippen LogP contribution in [0.3, 0.4) is 0 Å². The summed E-state index contributed by atoms with van der Waals surface area (Å²) in [7, 11) is 0. The predicted octanol–water partition coefficient (Wildman–Crippen LogP) is 1.00. The summed E-state index contributed by atoms with van der Waals surface area (Å²) in [6.45, 7) is 4.52. The molecule has 1 aliphatic rings. The molecule has 2 nitrogen and oxygen atoms in total. The molecule has 2 heteroatoms. The van der Waals surface area contributed by atoms with Crippen molar-refractivity contribution in [1.82, 2.24) is 0 Å². The molecule has 1 rings (SSSR count). The summed E-state index contributed by atoms with van der Waals surface area (Å²) in [6.07, 6.45) is 0.733. The van der Waals surface area contributed by atoms with Gasteiger partial charge in [-0.05, 0) is 13.3 Å². The molecule has 0 bridgehead atoms. The van der Waals surface area contributed by atoms with Crippen molar-refractivity contribution in [2.45, 2.75) is 26.4 Å². The van der Waals surface area contributed by atoms with E-state index < -0.39 is 0 Å². The summed E-state index contributed by atoms with van der Waals surface area (Å²) in [4.78, 5) is 11.0. The standard InChI is InChI=1S/C7H12O2/c1-5-3-4-9-6(2)7(5)8/h5-6H,3-4H2,1-2H3/t5-,6-/m0/s1. The molecule has 1 fully saturated rings. The Morgan fingerprint density at radius 2 is 2.22 bits per heavy atom. The van der Waals surface area contributed by atoms with Gasteiger partial charge in [0.2, 0.25) is 0 Å². The van der Waals surface area contributed by atoms with Crippen molar-refractivity contribution in [2.24, 2.45) is 5.92 Å². The molecule has 52 valence electrons. The van der Waals surface area contributed by atoms with Gasteiger partial charge in [-0.1, -0.05) is 6.92 Å². The molecule has 1 saturated heterocycles. The van der Waals surface area contributed by atoms with Crippen LogP contribution in [0, 0.1) is 5.92 Å². The van der Waals surface area contributed by atoms with Gasteiger partial charge in [0.1, 0.15) is 6.10 Å². The summed E-state index contributed by atoms with van der Waals surface area (Å²) >= 11 is 0. The molecular formula is C7H12O2. The second kappa shape index (κ2) is 2.48. The molecule has 0 aromatic rings. The number of hydrogen-bond donors (Lipinski definition) is 0. The van der Waals surface area contributed by atoms with Crippen molar-refractivity contribution < 1.29 is 9.53 Å². The summed E-state index contributed by atoms with van der Waals surface area (Å²) in [6, 6.07) is 0. The Morgan fingerprint density at radius 1 is 1.56 bits per heavy atom. The zero-order valence-corrected chi connectivity index (χ0v) is 5.89. The zero-order valence-electron chi connectivity index (χ0n) is 5.89. The smallest absolute Gasteiger partial charge is 0.164 e. The summed E-state index contributed by atoms with van der Waals surface area (Å²) < 4.78 is 5.11. The molecule has 9 heavy (non-hydrogen) atoms. The van der Waals surface area contributed by atoms with E-state index in [1.54, 1.807) is 0 Å². The van der Waals surface area contributed by atoms with Gasteiger partial charge in [-0.25, -0.2) is 0 Å². The van der Waals surface area contributed by atoms with E-state index in [-0.39, 0.29) is 17.8 Å². The number of ketones is 1. The Balaban J connectivity index is 2.52. The van der Waals surface area contributed by atoms with Gasteiger partial charge in [-0.3, -0.25) is 4.79 Å². The zero-order chi connectivity index (χ0) is 6.85. The Labute approximate surface area is 55.2 Å². The second-order valence-corrected chi connectivity index (χ2v) is 2.61. The van der Waals surface area contributed by atoms with Gasteiger partial charge in [0.25, 0.3) is 0 Å². The molecule has 0 N–H and O–H groups in total. The molecule has 0 unspecified atom stereocenters. The largest absolute Gasteiger partial charge is 0.371 e. The van der Waals surface area contributed by atoms with Crippen LogP contribution in [0.15, 0.2) is 0 Å². The van der Waals surface area contributed by atoms with Crippen molar-refractivity contribution in [3.05, 3.63) is 0 Å². The van der Waals surface area contributed by atoms with Crippen LogP contribution >= 0.6 is 0 Å². The van der Waals surface area contributed by atoms with E-state index in [9.17, 15) is 4.79 Å². The Bertz CT molecular complexity index is 108. The van der Waals surface area contributed by atoms with Crippen LogP contribution in [-0.2, 0) is 9.53 Å². The van der Waals surface area contributed by atoms with Gasteiger partial charge in [-0.15, -0.1) is 0 Å². The van der Waals surface area contributed by atoms with Crippen LogP contribution in [0.1, 0.15) is 20.3 Å². The minimum Gasteiger partial charge on any atom is -0.371 e. The molecule has 0 spiro atoms. The van der Waals surface area contributed by atoms with Crippen molar-refractivity contribution in [3.8, 4) is 0 Å². The summed E-state index contributed by atoms with van der Waals surface area (Å²) in [5.74, 6) is 0.468. The molecule has 0 amide bonds. The molecule has 0 saturated carbocycles. The van der Waals surface area contributed by atoms with Crippen molar-refractivity contribution >= 4 is 5.78 Å². The first-order chi connectivity index (χ1) is 4.22. The highest BCUT2D eigenvalue weighted by molar-refractivity contribution is 5.85. The highest BCUT2D eigenvalue weighted by Crippen LogP contribution is 2.14. The molecule has 0 aromatic heterocycles. The van der Waals surface area contributed by atoms with Gasteiger partial charge in [0.15, 0.2) is 5.78 Å². The number of carbonyl (C=O) groups excluding carboxylic acids is 1. The topological polar surface area (TPSA) is 26.3 Å². The van der Waals surface area contributed by atoms with Crippen LogP contribution in [0.2, 0.25) is 0 Å². The predicted molar refractivity (Wildman–Crippen MR) is 34.2 cm³/mol. The van der Waals surface area contributed by atoms with Gasteiger partial charge >= 0.3 is 0 Å². The second-order valence-electron chi connectivity index (χ2n) is 2.61. The summed E-state index contributed by atoms with van der Waals surface area (Å²) in [5, 5.41) is 0. The summed E-state index contributed by atoms with van der Waals surface area (Å²) in [5.41, 5.74) is 0. The highest BCUT2D eigenvalue weighted by atomic mass is 16.5. The SMILES string of the molecule is C[C@@H]1OCC[C@H](C)C1=O. The molecule has 1 aliphatic heterocycles. The number of Topliss-reactive ketones (excluding diaryl/α,β-unsaturated/α-hetero) is 1. The van der Waals surface area contributed by atoms with E-state index in [2.05, 4.69) is 0 Å². The molecule has 2 atom stereocenters. The number of carbonyl (C=O) groups is 1. The van der Waals surface area contributed by atoms with Gasteiger partial charge in [-0.2, -0.15) is 0 Å². The number of ether oxygens (including phenoxy) is 1. The third-order valence-corrected chi connectivity index (χ3v) is 1.81. The lowest BCUT2D eigenvalue weighted by Gasteiger charge is -2.22. The van der Waals surface area contributed by atoms with Crippen molar-refractivity contribution in [1.29, 1.82) is 0 Å². The van der Waals surface area contributed by atoms with Crippen LogP contribution in [0.5, 0.6) is 0 Å². The van der Waals surface area contributed by atoms with E-state index in [1.807, 2.05) is 13.8 Å². The maximum absolute atomic E-state index is 11.0. The third-order valence-electron chi connectivity index (χ3n) is 1.81. The van der Waals surface area contributed by atoms with E-state index in [1.165, 1.54) is 0 Å². The Morgan fingerprint density at radius 3 is 2.67 bits per heavy atom. The fraction of sp³-hybridized carbons (Fsp3) is 0.857. The van der Waals surface area contributed by atoms with E-state index in [4.69, 9.17) is 4.74 Å². The monoisotopic (exact) mass is 128 g/mol.